The number of morpholine rings is 1. The quantitative estimate of drug-likeness (QED) is 0.788. The molecule has 0 aromatic heterocycles. The van der Waals surface area contributed by atoms with Crippen LogP contribution in [0.4, 0.5) is 16.2 Å². The van der Waals surface area contributed by atoms with E-state index in [-0.39, 0.29) is 17.3 Å². The number of urea groups is 1. The first-order valence-electron chi connectivity index (χ1n) is 7.25. The Hall–Kier alpha value is -2.28. The standard InChI is InChI=1S/C15H21N3O4/c1-10(2)16-15(21)17-13-4-3-11(9-12(13)14(19)20)18-5-7-22-8-6-18/h3-4,9-10H,5-8H2,1-2H3,(H,19,20)(H2,16,17,21). The number of aromatic carboxylic acids is 1. The van der Waals surface area contributed by atoms with Crippen LogP contribution in [0.3, 0.4) is 0 Å². The lowest BCUT2D eigenvalue weighted by Crippen LogP contribution is -2.36. The van der Waals surface area contributed by atoms with Crippen LogP contribution in [-0.4, -0.2) is 49.5 Å². The van der Waals surface area contributed by atoms with E-state index in [9.17, 15) is 14.7 Å². The first-order valence-corrected chi connectivity index (χ1v) is 7.25. The molecule has 1 fully saturated rings. The molecule has 0 aliphatic carbocycles. The maximum Gasteiger partial charge on any atom is 0.337 e. The second-order valence-corrected chi connectivity index (χ2v) is 5.39. The molecule has 120 valence electrons. The Bertz CT molecular complexity index is 554. The molecule has 1 heterocycles. The Morgan fingerprint density at radius 2 is 1.95 bits per heavy atom. The molecular weight excluding hydrogens is 286 g/mol. The summed E-state index contributed by atoms with van der Waals surface area (Å²) in [5, 5.41) is 14.6. The molecule has 0 saturated carbocycles. The second kappa shape index (κ2) is 7.13. The topological polar surface area (TPSA) is 90.9 Å². The van der Waals surface area contributed by atoms with E-state index < -0.39 is 12.0 Å². The number of anilines is 2. The highest BCUT2D eigenvalue weighted by Crippen LogP contribution is 2.24. The predicted octanol–water partition coefficient (Wildman–Crippen LogP) is 1.75. The van der Waals surface area contributed by atoms with E-state index >= 15 is 0 Å². The Kier molecular flexibility index (Phi) is 5.21. The van der Waals surface area contributed by atoms with Crippen molar-refractivity contribution in [2.75, 3.05) is 36.5 Å². The number of benzene rings is 1. The van der Waals surface area contributed by atoms with Gasteiger partial charge in [0.25, 0.3) is 0 Å². The lowest BCUT2D eigenvalue weighted by atomic mass is 10.1. The van der Waals surface area contributed by atoms with Gasteiger partial charge in [-0.15, -0.1) is 0 Å². The van der Waals surface area contributed by atoms with E-state index in [2.05, 4.69) is 15.5 Å². The van der Waals surface area contributed by atoms with Crippen molar-refractivity contribution < 1.29 is 19.4 Å². The number of amides is 2. The van der Waals surface area contributed by atoms with E-state index in [0.29, 0.717) is 13.2 Å². The molecule has 0 spiro atoms. The maximum atomic E-state index is 11.7. The van der Waals surface area contributed by atoms with Crippen molar-refractivity contribution >= 4 is 23.4 Å². The summed E-state index contributed by atoms with van der Waals surface area (Å²) in [5.41, 5.74) is 1.17. The fraction of sp³-hybridized carbons (Fsp3) is 0.467. The fourth-order valence-electron chi connectivity index (χ4n) is 2.26. The highest BCUT2D eigenvalue weighted by molar-refractivity contribution is 6.01. The molecule has 3 N–H and O–H groups in total. The fourth-order valence-corrected chi connectivity index (χ4v) is 2.26. The monoisotopic (exact) mass is 307 g/mol. The van der Waals surface area contributed by atoms with Crippen molar-refractivity contribution in [3.63, 3.8) is 0 Å². The minimum Gasteiger partial charge on any atom is -0.478 e. The molecule has 1 aliphatic rings. The zero-order chi connectivity index (χ0) is 16.1. The van der Waals surface area contributed by atoms with Gasteiger partial charge in [-0.25, -0.2) is 9.59 Å². The number of carbonyl (C=O) groups excluding carboxylic acids is 1. The Morgan fingerprint density at radius 1 is 1.27 bits per heavy atom. The van der Waals surface area contributed by atoms with Crippen molar-refractivity contribution in [3.05, 3.63) is 23.8 Å². The van der Waals surface area contributed by atoms with Crippen LogP contribution in [0.25, 0.3) is 0 Å². The van der Waals surface area contributed by atoms with Gasteiger partial charge in [-0.3, -0.25) is 0 Å². The largest absolute Gasteiger partial charge is 0.478 e. The molecule has 0 radical (unpaired) electrons. The van der Waals surface area contributed by atoms with Crippen molar-refractivity contribution in [3.8, 4) is 0 Å². The van der Waals surface area contributed by atoms with Gasteiger partial charge in [0.15, 0.2) is 0 Å². The molecule has 7 heteroatoms. The second-order valence-electron chi connectivity index (χ2n) is 5.39. The van der Waals surface area contributed by atoms with Gasteiger partial charge >= 0.3 is 12.0 Å². The third-order valence-electron chi connectivity index (χ3n) is 3.28. The van der Waals surface area contributed by atoms with E-state index in [1.807, 2.05) is 19.9 Å². The number of ether oxygens (including phenoxy) is 1. The van der Waals surface area contributed by atoms with Crippen LogP contribution in [0.15, 0.2) is 18.2 Å². The number of hydrogen-bond donors (Lipinski definition) is 3. The zero-order valence-corrected chi connectivity index (χ0v) is 12.8. The molecule has 2 amide bonds. The number of nitrogens with zero attached hydrogens (tertiary/aromatic N) is 1. The van der Waals surface area contributed by atoms with Crippen LogP contribution in [0.5, 0.6) is 0 Å². The highest BCUT2D eigenvalue weighted by Gasteiger charge is 2.17. The van der Waals surface area contributed by atoms with Gasteiger partial charge in [-0.05, 0) is 32.0 Å². The van der Waals surface area contributed by atoms with E-state index in [1.165, 1.54) is 0 Å². The van der Waals surface area contributed by atoms with Crippen LogP contribution in [0.1, 0.15) is 24.2 Å². The number of hydrogen-bond acceptors (Lipinski definition) is 4. The predicted molar refractivity (Wildman–Crippen MR) is 83.7 cm³/mol. The van der Waals surface area contributed by atoms with Gasteiger partial charge in [0.05, 0.1) is 24.5 Å². The molecule has 1 aromatic carbocycles. The van der Waals surface area contributed by atoms with E-state index in [0.717, 1.165) is 18.8 Å². The molecular formula is C15H21N3O4. The summed E-state index contributed by atoms with van der Waals surface area (Å²) in [5.74, 6) is -1.07. The summed E-state index contributed by atoms with van der Waals surface area (Å²) < 4.78 is 5.29. The summed E-state index contributed by atoms with van der Waals surface area (Å²) in [4.78, 5) is 25.3. The number of carboxylic acid groups (broad SMARTS) is 1. The van der Waals surface area contributed by atoms with Crippen molar-refractivity contribution in [2.24, 2.45) is 0 Å². The van der Waals surface area contributed by atoms with Gasteiger partial charge in [-0.2, -0.15) is 0 Å². The smallest absolute Gasteiger partial charge is 0.337 e. The zero-order valence-electron chi connectivity index (χ0n) is 12.8. The molecule has 22 heavy (non-hydrogen) atoms. The van der Waals surface area contributed by atoms with E-state index in [1.54, 1.807) is 12.1 Å². The van der Waals surface area contributed by atoms with Crippen molar-refractivity contribution in [1.29, 1.82) is 0 Å². The minimum atomic E-state index is -1.07. The number of carbonyl (C=O) groups is 2. The van der Waals surface area contributed by atoms with Crippen LogP contribution < -0.4 is 15.5 Å². The third kappa shape index (κ3) is 4.11. The van der Waals surface area contributed by atoms with E-state index in [4.69, 9.17) is 4.74 Å². The Balaban J connectivity index is 2.19. The van der Waals surface area contributed by atoms with Crippen LogP contribution in [0.2, 0.25) is 0 Å². The summed E-state index contributed by atoms with van der Waals surface area (Å²) >= 11 is 0. The molecule has 1 aliphatic heterocycles. The molecule has 1 aromatic rings. The number of nitrogens with one attached hydrogen (secondary N) is 2. The Labute approximate surface area is 129 Å². The van der Waals surface area contributed by atoms with Gasteiger partial charge < -0.3 is 25.4 Å². The van der Waals surface area contributed by atoms with Gasteiger partial charge in [0.1, 0.15) is 0 Å². The summed E-state index contributed by atoms with van der Waals surface area (Å²) in [6.45, 7) is 6.36. The normalized spacial score (nSPS) is 14.8. The summed E-state index contributed by atoms with van der Waals surface area (Å²) in [7, 11) is 0. The highest BCUT2D eigenvalue weighted by atomic mass is 16.5. The molecule has 1 saturated heterocycles. The van der Waals surface area contributed by atoms with Gasteiger partial charge in [-0.1, -0.05) is 0 Å². The summed E-state index contributed by atoms with van der Waals surface area (Å²) in [6.07, 6.45) is 0. The molecule has 0 bridgehead atoms. The van der Waals surface area contributed by atoms with Crippen molar-refractivity contribution in [2.45, 2.75) is 19.9 Å². The van der Waals surface area contributed by atoms with Crippen LogP contribution in [0, 0.1) is 0 Å². The van der Waals surface area contributed by atoms with Gasteiger partial charge in [0, 0.05) is 24.8 Å². The maximum absolute atomic E-state index is 11.7. The average molecular weight is 307 g/mol. The Morgan fingerprint density at radius 3 is 2.55 bits per heavy atom. The first kappa shape index (κ1) is 16.1. The molecule has 0 unspecified atom stereocenters. The summed E-state index contributed by atoms with van der Waals surface area (Å²) in [6, 6.07) is 4.56. The third-order valence-corrected chi connectivity index (χ3v) is 3.28. The molecule has 0 atom stereocenters. The minimum absolute atomic E-state index is 0.0269. The van der Waals surface area contributed by atoms with Gasteiger partial charge in [0.2, 0.25) is 0 Å². The lowest BCUT2D eigenvalue weighted by Gasteiger charge is -2.29. The molecule has 7 nitrogen and oxygen atoms in total. The van der Waals surface area contributed by atoms with Crippen molar-refractivity contribution in [1.82, 2.24) is 5.32 Å². The number of carboxylic acids is 1. The van der Waals surface area contributed by atoms with Crippen LogP contribution in [-0.2, 0) is 4.74 Å². The number of rotatable bonds is 4. The lowest BCUT2D eigenvalue weighted by molar-refractivity contribution is 0.0698. The van der Waals surface area contributed by atoms with Crippen LogP contribution >= 0.6 is 0 Å². The average Bonchev–Trinajstić information content (AvgIpc) is 2.47. The molecule has 2 rings (SSSR count). The SMILES string of the molecule is CC(C)NC(=O)Nc1ccc(N2CCOCC2)cc1C(=O)O. The first-order chi connectivity index (χ1) is 10.5.